The molecule has 26 heavy (non-hydrogen) atoms. The maximum atomic E-state index is 12.4. The minimum atomic E-state index is -3.60. The average molecular weight is 371 g/mol. The zero-order valence-corrected chi connectivity index (χ0v) is 15.3. The highest BCUT2D eigenvalue weighted by Gasteiger charge is 2.16. The Balaban J connectivity index is 1.61. The maximum Gasteiger partial charge on any atom is 0.243 e. The van der Waals surface area contributed by atoms with Gasteiger partial charge in [-0.1, -0.05) is 48.5 Å². The molecule has 1 N–H and O–H groups in total. The van der Waals surface area contributed by atoms with Crippen molar-refractivity contribution in [3.05, 3.63) is 78.1 Å². The third-order valence-electron chi connectivity index (χ3n) is 3.99. The molecule has 6 nitrogen and oxygen atoms in total. The number of rotatable bonds is 8. The van der Waals surface area contributed by atoms with Gasteiger partial charge in [-0.05, 0) is 23.6 Å². The summed E-state index contributed by atoms with van der Waals surface area (Å²) in [7, 11) is -1.99. The SMILES string of the molecule is COc1ccccc1CCNS(=O)(=O)c1cnn(Cc2ccccc2)c1. The Morgan fingerprint density at radius 2 is 1.81 bits per heavy atom. The summed E-state index contributed by atoms with van der Waals surface area (Å²) in [6.45, 7) is 0.810. The van der Waals surface area contributed by atoms with Crippen molar-refractivity contribution < 1.29 is 13.2 Å². The monoisotopic (exact) mass is 371 g/mol. The normalized spacial score (nSPS) is 11.4. The number of nitrogens with zero attached hydrogens (tertiary/aromatic N) is 2. The van der Waals surface area contributed by atoms with Gasteiger partial charge in [-0.25, -0.2) is 13.1 Å². The summed E-state index contributed by atoms with van der Waals surface area (Å²) in [5.74, 6) is 0.752. The summed E-state index contributed by atoms with van der Waals surface area (Å²) in [4.78, 5) is 0.161. The maximum absolute atomic E-state index is 12.4. The predicted octanol–water partition coefficient (Wildman–Crippen LogP) is 2.46. The molecule has 0 atom stereocenters. The molecule has 0 amide bonds. The lowest BCUT2D eigenvalue weighted by molar-refractivity contribution is 0.409. The van der Waals surface area contributed by atoms with Crippen LogP contribution in [0.4, 0.5) is 0 Å². The van der Waals surface area contributed by atoms with E-state index in [4.69, 9.17) is 4.74 Å². The van der Waals surface area contributed by atoms with Crippen LogP contribution >= 0.6 is 0 Å². The van der Waals surface area contributed by atoms with Crippen LogP contribution in [0.2, 0.25) is 0 Å². The van der Waals surface area contributed by atoms with Crippen LogP contribution in [0.5, 0.6) is 5.75 Å². The van der Waals surface area contributed by atoms with E-state index in [0.29, 0.717) is 13.0 Å². The van der Waals surface area contributed by atoms with Gasteiger partial charge >= 0.3 is 0 Å². The molecular formula is C19H21N3O3S. The van der Waals surface area contributed by atoms with Gasteiger partial charge in [-0.15, -0.1) is 0 Å². The van der Waals surface area contributed by atoms with Crippen molar-refractivity contribution in [2.45, 2.75) is 17.9 Å². The molecule has 0 fully saturated rings. The minimum absolute atomic E-state index is 0.161. The van der Waals surface area contributed by atoms with E-state index < -0.39 is 10.0 Å². The van der Waals surface area contributed by atoms with Crippen LogP contribution < -0.4 is 9.46 Å². The number of aromatic nitrogens is 2. The van der Waals surface area contributed by atoms with Gasteiger partial charge in [0, 0.05) is 12.7 Å². The zero-order valence-electron chi connectivity index (χ0n) is 14.5. The van der Waals surface area contributed by atoms with Crippen LogP contribution in [0.3, 0.4) is 0 Å². The van der Waals surface area contributed by atoms with Gasteiger partial charge in [0.2, 0.25) is 10.0 Å². The van der Waals surface area contributed by atoms with E-state index in [1.807, 2.05) is 54.6 Å². The highest BCUT2D eigenvalue weighted by Crippen LogP contribution is 2.17. The van der Waals surface area contributed by atoms with Crippen LogP contribution in [0.15, 0.2) is 71.9 Å². The van der Waals surface area contributed by atoms with Gasteiger partial charge in [-0.3, -0.25) is 4.68 Å². The topological polar surface area (TPSA) is 73.2 Å². The first-order valence-electron chi connectivity index (χ1n) is 8.26. The molecule has 0 saturated carbocycles. The molecule has 1 aromatic heterocycles. The molecule has 0 spiro atoms. The molecule has 0 unspecified atom stereocenters. The molecule has 0 radical (unpaired) electrons. The third-order valence-corrected chi connectivity index (χ3v) is 5.40. The molecule has 7 heteroatoms. The van der Waals surface area contributed by atoms with Gasteiger partial charge in [0.05, 0.1) is 19.9 Å². The lowest BCUT2D eigenvalue weighted by atomic mass is 10.1. The van der Waals surface area contributed by atoms with E-state index in [1.165, 1.54) is 6.20 Å². The number of benzene rings is 2. The Hall–Kier alpha value is -2.64. The van der Waals surface area contributed by atoms with E-state index in [9.17, 15) is 8.42 Å². The Labute approximate surface area is 153 Å². The summed E-state index contributed by atoms with van der Waals surface area (Å²) in [5.41, 5.74) is 2.01. The van der Waals surface area contributed by atoms with Gasteiger partial charge in [-0.2, -0.15) is 5.10 Å². The highest BCUT2D eigenvalue weighted by atomic mass is 32.2. The van der Waals surface area contributed by atoms with Crippen LogP contribution in [-0.2, 0) is 23.0 Å². The van der Waals surface area contributed by atoms with Gasteiger partial charge < -0.3 is 4.74 Å². The standard InChI is InChI=1S/C19H21N3O3S/c1-25-19-10-6-5-9-17(19)11-12-21-26(23,24)18-13-20-22(15-18)14-16-7-3-2-4-8-16/h2-10,13,15,21H,11-12,14H2,1H3. The first-order valence-corrected chi connectivity index (χ1v) is 9.75. The molecule has 3 rings (SSSR count). The number of sulfonamides is 1. The first-order chi connectivity index (χ1) is 12.6. The van der Waals surface area contributed by atoms with E-state index in [0.717, 1.165) is 16.9 Å². The fraction of sp³-hybridized carbons (Fsp3) is 0.211. The molecule has 1 heterocycles. The van der Waals surface area contributed by atoms with Crippen molar-refractivity contribution in [2.24, 2.45) is 0 Å². The fourth-order valence-electron chi connectivity index (χ4n) is 2.65. The van der Waals surface area contributed by atoms with E-state index in [1.54, 1.807) is 18.0 Å². The van der Waals surface area contributed by atoms with Gasteiger partial charge in [0.15, 0.2) is 0 Å². The predicted molar refractivity (Wildman–Crippen MR) is 99.7 cm³/mol. The van der Waals surface area contributed by atoms with Crippen molar-refractivity contribution >= 4 is 10.0 Å². The minimum Gasteiger partial charge on any atom is -0.496 e. The van der Waals surface area contributed by atoms with Crippen molar-refractivity contribution in [1.82, 2.24) is 14.5 Å². The Morgan fingerprint density at radius 3 is 2.58 bits per heavy atom. The first kappa shape index (κ1) is 18.2. The average Bonchev–Trinajstić information content (AvgIpc) is 3.12. The third kappa shape index (κ3) is 4.50. The lowest BCUT2D eigenvalue weighted by Gasteiger charge is -2.08. The fourth-order valence-corrected chi connectivity index (χ4v) is 3.64. The number of ether oxygens (including phenoxy) is 1. The Bertz CT molecular complexity index is 953. The van der Waals surface area contributed by atoms with Gasteiger partial charge in [0.1, 0.15) is 10.6 Å². The largest absolute Gasteiger partial charge is 0.496 e. The van der Waals surface area contributed by atoms with E-state index in [2.05, 4.69) is 9.82 Å². The van der Waals surface area contributed by atoms with Crippen LogP contribution in [-0.4, -0.2) is 31.9 Å². The Morgan fingerprint density at radius 1 is 1.08 bits per heavy atom. The van der Waals surface area contributed by atoms with Crippen molar-refractivity contribution in [3.8, 4) is 5.75 Å². The number of methoxy groups -OCH3 is 1. The molecular weight excluding hydrogens is 350 g/mol. The second-order valence-corrected chi connectivity index (χ2v) is 7.59. The summed E-state index contributed by atoms with van der Waals surface area (Å²) in [6, 6.07) is 17.3. The smallest absolute Gasteiger partial charge is 0.243 e. The molecule has 0 bridgehead atoms. The van der Waals surface area contributed by atoms with Crippen LogP contribution in [0.1, 0.15) is 11.1 Å². The molecule has 0 aliphatic heterocycles. The van der Waals surface area contributed by atoms with E-state index in [-0.39, 0.29) is 11.4 Å². The summed E-state index contributed by atoms with van der Waals surface area (Å²) < 4.78 is 34.4. The second-order valence-electron chi connectivity index (χ2n) is 5.82. The van der Waals surface area contributed by atoms with Crippen LogP contribution in [0.25, 0.3) is 0 Å². The summed E-state index contributed by atoms with van der Waals surface area (Å²) >= 11 is 0. The lowest BCUT2D eigenvalue weighted by Crippen LogP contribution is -2.25. The Kier molecular flexibility index (Phi) is 5.70. The highest BCUT2D eigenvalue weighted by molar-refractivity contribution is 7.89. The molecule has 2 aromatic carbocycles. The molecule has 0 aliphatic rings. The quantitative estimate of drug-likeness (QED) is 0.660. The molecule has 3 aromatic rings. The number of nitrogens with one attached hydrogen (secondary N) is 1. The number of para-hydroxylation sites is 1. The van der Waals surface area contributed by atoms with Crippen molar-refractivity contribution in [3.63, 3.8) is 0 Å². The molecule has 136 valence electrons. The van der Waals surface area contributed by atoms with Gasteiger partial charge in [0.25, 0.3) is 0 Å². The number of hydrogen-bond donors (Lipinski definition) is 1. The van der Waals surface area contributed by atoms with Crippen molar-refractivity contribution in [2.75, 3.05) is 13.7 Å². The van der Waals surface area contributed by atoms with Crippen molar-refractivity contribution in [1.29, 1.82) is 0 Å². The molecule has 0 aliphatic carbocycles. The summed E-state index contributed by atoms with van der Waals surface area (Å²) in [5, 5.41) is 4.15. The number of hydrogen-bond acceptors (Lipinski definition) is 4. The summed E-state index contributed by atoms with van der Waals surface area (Å²) in [6.07, 6.45) is 3.45. The zero-order chi connectivity index (χ0) is 18.4. The van der Waals surface area contributed by atoms with E-state index >= 15 is 0 Å². The second kappa shape index (κ2) is 8.16. The van der Waals surface area contributed by atoms with Crippen LogP contribution in [0, 0.1) is 0 Å². The molecule has 0 saturated heterocycles.